The van der Waals surface area contributed by atoms with Gasteiger partial charge >= 0.3 is 5.97 Å². The monoisotopic (exact) mass is 476 g/mol. The summed E-state index contributed by atoms with van der Waals surface area (Å²) >= 11 is 0. The lowest BCUT2D eigenvalue weighted by Crippen LogP contribution is -2.48. The number of sulfonamides is 1. The molecule has 1 N–H and O–H groups in total. The molecule has 1 aliphatic rings. The molecule has 0 spiro atoms. The van der Waals surface area contributed by atoms with Crippen molar-refractivity contribution in [2.45, 2.75) is 37.1 Å². The number of nitrogens with zero attached hydrogens (tertiary/aromatic N) is 1. The molecule has 178 valence electrons. The first-order chi connectivity index (χ1) is 15.8. The molecule has 1 unspecified atom stereocenters. The third kappa shape index (κ3) is 5.82. The Kier molecular flexibility index (Phi) is 7.93. The number of esters is 1. The fraction of sp³-hybridized carbons (Fsp3) is 0.391. The minimum absolute atomic E-state index is 0.121. The number of amides is 1. The number of rotatable bonds is 8. The second-order valence-corrected chi connectivity index (χ2v) is 9.55. The van der Waals surface area contributed by atoms with Crippen molar-refractivity contribution in [2.75, 3.05) is 32.7 Å². The van der Waals surface area contributed by atoms with E-state index in [1.807, 2.05) is 6.92 Å². The summed E-state index contributed by atoms with van der Waals surface area (Å²) in [6.07, 6.45) is 1.66. The van der Waals surface area contributed by atoms with E-state index in [2.05, 4.69) is 5.32 Å². The Hall–Kier alpha value is -3.11. The van der Waals surface area contributed by atoms with E-state index in [0.717, 1.165) is 5.56 Å². The molecule has 0 aromatic heterocycles. The van der Waals surface area contributed by atoms with E-state index < -0.39 is 34.5 Å². The minimum atomic E-state index is -3.88. The molecule has 0 bridgehead atoms. The van der Waals surface area contributed by atoms with Crippen molar-refractivity contribution >= 4 is 27.6 Å². The van der Waals surface area contributed by atoms with E-state index in [4.69, 9.17) is 14.2 Å². The van der Waals surface area contributed by atoms with Crippen LogP contribution >= 0.6 is 0 Å². The SMILES string of the molecule is COc1ccc(OC)c(NC(=O)COC(=O)C2CCCCN2S(=O)(=O)c2ccc(C)cc2)c1. The molecule has 1 saturated heterocycles. The summed E-state index contributed by atoms with van der Waals surface area (Å²) in [5.41, 5.74) is 1.29. The largest absolute Gasteiger partial charge is 0.497 e. The molecule has 10 heteroatoms. The third-order valence-electron chi connectivity index (χ3n) is 5.38. The Morgan fingerprint density at radius 2 is 1.79 bits per heavy atom. The molecule has 1 fully saturated rings. The average Bonchev–Trinajstić information content (AvgIpc) is 2.82. The highest BCUT2D eigenvalue weighted by atomic mass is 32.2. The van der Waals surface area contributed by atoms with Gasteiger partial charge in [-0.3, -0.25) is 9.59 Å². The van der Waals surface area contributed by atoms with Crippen LogP contribution in [0.2, 0.25) is 0 Å². The van der Waals surface area contributed by atoms with E-state index in [0.29, 0.717) is 36.4 Å². The number of anilines is 1. The lowest BCUT2D eigenvalue weighted by atomic mass is 10.1. The molecule has 3 rings (SSSR count). The van der Waals surface area contributed by atoms with Crippen molar-refractivity contribution in [3.8, 4) is 11.5 Å². The van der Waals surface area contributed by atoms with Crippen LogP contribution in [0.15, 0.2) is 47.4 Å². The summed E-state index contributed by atoms with van der Waals surface area (Å²) in [6.45, 7) is 1.51. The van der Waals surface area contributed by atoms with E-state index in [9.17, 15) is 18.0 Å². The zero-order valence-corrected chi connectivity index (χ0v) is 19.7. The normalized spacial score (nSPS) is 16.6. The smallest absolute Gasteiger partial charge is 0.324 e. The van der Waals surface area contributed by atoms with Gasteiger partial charge in [0.05, 0.1) is 24.8 Å². The Balaban J connectivity index is 1.67. The van der Waals surface area contributed by atoms with Crippen LogP contribution < -0.4 is 14.8 Å². The van der Waals surface area contributed by atoms with Gasteiger partial charge in [-0.05, 0) is 50.5 Å². The Labute approximate surface area is 193 Å². The number of hydrogen-bond acceptors (Lipinski definition) is 7. The average molecular weight is 477 g/mol. The summed E-state index contributed by atoms with van der Waals surface area (Å²) in [4.78, 5) is 25.3. The van der Waals surface area contributed by atoms with Crippen LogP contribution in [0.25, 0.3) is 0 Å². The maximum Gasteiger partial charge on any atom is 0.324 e. The van der Waals surface area contributed by atoms with E-state index >= 15 is 0 Å². The molecule has 1 heterocycles. The number of benzene rings is 2. The summed E-state index contributed by atoms with van der Waals surface area (Å²) in [6, 6.07) is 10.4. The van der Waals surface area contributed by atoms with Gasteiger partial charge in [-0.25, -0.2) is 8.42 Å². The van der Waals surface area contributed by atoms with Gasteiger partial charge in [0.25, 0.3) is 5.91 Å². The first kappa shape index (κ1) is 24.5. The summed E-state index contributed by atoms with van der Waals surface area (Å²) < 4.78 is 43.0. The zero-order valence-electron chi connectivity index (χ0n) is 18.9. The first-order valence-electron chi connectivity index (χ1n) is 10.5. The highest BCUT2D eigenvalue weighted by molar-refractivity contribution is 7.89. The van der Waals surface area contributed by atoms with Crippen molar-refractivity contribution < 1.29 is 32.2 Å². The van der Waals surface area contributed by atoms with E-state index in [1.54, 1.807) is 30.3 Å². The van der Waals surface area contributed by atoms with Gasteiger partial charge in [0.1, 0.15) is 17.5 Å². The number of hydrogen-bond donors (Lipinski definition) is 1. The fourth-order valence-electron chi connectivity index (χ4n) is 3.60. The van der Waals surface area contributed by atoms with Crippen LogP contribution in [0.5, 0.6) is 11.5 Å². The van der Waals surface area contributed by atoms with Crippen LogP contribution in [0.1, 0.15) is 24.8 Å². The number of methoxy groups -OCH3 is 2. The lowest BCUT2D eigenvalue weighted by Gasteiger charge is -2.33. The van der Waals surface area contributed by atoms with Crippen molar-refractivity contribution in [3.63, 3.8) is 0 Å². The highest BCUT2D eigenvalue weighted by Gasteiger charge is 2.38. The predicted octanol–water partition coefficient (Wildman–Crippen LogP) is 2.74. The van der Waals surface area contributed by atoms with Crippen LogP contribution in [-0.2, 0) is 24.3 Å². The number of aryl methyl sites for hydroxylation is 1. The second-order valence-electron chi connectivity index (χ2n) is 7.66. The topological polar surface area (TPSA) is 111 Å². The Bertz CT molecular complexity index is 1100. The molecule has 1 atom stereocenters. The summed E-state index contributed by atoms with van der Waals surface area (Å²) in [5, 5.41) is 2.61. The molecule has 33 heavy (non-hydrogen) atoms. The summed E-state index contributed by atoms with van der Waals surface area (Å²) in [7, 11) is -0.918. The van der Waals surface area contributed by atoms with Crippen molar-refractivity contribution in [1.29, 1.82) is 0 Å². The van der Waals surface area contributed by atoms with E-state index in [-0.39, 0.29) is 11.4 Å². The third-order valence-corrected chi connectivity index (χ3v) is 7.30. The van der Waals surface area contributed by atoms with Gasteiger partial charge in [-0.2, -0.15) is 4.31 Å². The van der Waals surface area contributed by atoms with E-state index in [1.165, 1.54) is 30.7 Å². The van der Waals surface area contributed by atoms with Gasteiger partial charge in [0, 0.05) is 12.6 Å². The molecule has 0 aliphatic carbocycles. The zero-order chi connectivity index (χ0) is 24.0. The van der Waals surface area contributed by atoms with Crippen molar-refractivity contribution in [1.82, 2.24) is 4.31 Å². The van der Waals surface area contributed by atoms with Gasteiger partial charge in [0.15, 0.2) is 6.61 Å². The van der Waals surface area contributed by atoms with Crippen molar-refractivity contribution in [2.24, 2.45) is 0 Å². The molecule has 1 amide bonds. The first-order valence-corrected chi connectivity index (χ1v) is 12.0. The molecule has 2 aromatic carbocycles. The number of carbonyl (C=O) groups excluding carboxylic acids is 2. The number of nitrogens with one attached hydrogen (secondary N) is 1. The highest BCUT2D eigenvalue weighted by Crippen LogP contribution is 2.29. The quantitative estimate of drug-likeness (QED) is 0.583. The number of carbonyl (C=O) groups is 2. The van der Waals surface area contributed by atoms with Gasteiger partial charge in [-0.15, -0.1) is 0 Å². The van der Waals surface area contributed by atoms with Crippen LogP contribution in [-0.4, -0.2) is 58.0 Å². The standard InChI is InChI=1S/C23H28N2O7S/c1-16-7-10-18(11-8-16)33(28,29)25-13-5-4-6-20(25)23(27)32-15-22(26)24-19-14-17(30-2)9-12-21(19)31-3/h7-12,14,20H,4-6,13,15H2,1-3H3,(H,24,26). The van der Waals surface area contributed by atoms with Gasteiger partial charge in [-0.1, -0.05) is 17.7 Å². The maximum atomic E-state index is 13.1. The number of ether oxygens (including phenoxy) is 3. The van der Waals surface area contributed by atoms with Gasteiger partial charge < -0.3 is 19.5 Å². The maximum absolute atomic E-state index is 13.1. The minimum Gasteiger partial charge on any atom is -0.497 e. The molecular weight excluding hydrogens is 448 g/mol. The fourth-order valence-corrected chi connectivity index (χ4v) is 5.25. The van der Waals surface area contributed by atoms with Crippen molar-refractivity contribution in [3.05, 3.63) is 48.0 Å². The predicted molar refractivity (Wildman–Crippen MR) is 122 cm³/mol. The van der Waals surface area contributed by atoms with Gasteiger partial charge in [0.2, 0.25) is 10.0 Å². The van der Waals surface area contributed by atoms with Crippen LogP contribution in [0, 0.1) is 6.92 Å². The summed E-state index contributed by atoms with van der Waals surface area (Å²) in [5.74, 6) is -0.405. The van der Waals surface area contributed by atoms with Crippen LogP contribution in [0.4, 0.5) is 5.69 Å². The molecule has 0 radical (unpaired) electrons. The lowest BCUT2D eigenvalue weighted by molar-refractivity contribution is -0.152. The molecule has 1 aliphatic heterocycles. The van der Waals surface area contributed by atoms with Crippen LogP contribution in [0.3, 0.4) is 0 Å². The Morgan fingerprint density at radius 1 is 1.06 bits per heavy atom. The molecule has 9 nitrogen and oxygen atoms in total. The molecule has 2 aromatic rings. The number of piperidine rings is 1. The molecular formula is C23H28N2O7S. The Morgan fingerprint density at radius 3 is 2.45 bits per heavy atom. The second kappa shape index (κ2) is 10.7. The molecule has 0 saturated carbocycles.